The Morgan fingerprint density at radius 3 is 2.52 bits per heavy atom. The average Bonchev–Trinajstić information content (AvgIpc) is 2.51. The van der Waals surface area contributed by atoms with Crippen LogP contribution in [0.15, 0.2) is 61.0 Å². The topological polar surface area (TPSA) is 30.2 Å². The molecule has 0 radical (unpaired) electrons. The van der Waals surface area contributed by atoms with Crippen LogP contribution in [0.3, 0.4) is 0 Å². The van der Waals surface area contributed by atoms with E-state index in [0.29, 0.717) is 15.8 Å². The van der Waals surface area contributed by atoms with Crippen LogP contribution < -0.4 is 5.43 Å². The van der Waals surface area contributed by atoms with Crippen molar-refractivity contribution >= 4 is 38.7 Å². The molecule has 0 unspecified atom stereocenters. The van der Waals surface area contributed by atoms with Gasteiger partial charge in [-0.25, -0.2) is 4.39 Å². The largest absolute Gasteiger partial charge is 0.455 e. The molecule has 0 N–H and O–H groups in total. The highest BCUT2D eigenvalue weighted by Crippen LogP contribution is 2.30. The molecule has 0 spiro atoms. The van der Waals surface area contributed by atoms with Gasteiger partial charge in [0.15, 0.2) is 5.76 Å². The van der Waals surface area contributed by atoms with Crippen LogP contribution in [0.2, 0.25) is 0 Å². The Kier molecular flexibility index (Phi) is 3.87. The van der Waals surface area contributed by atoms with Gasteiger partial charge in [-0.1, -0.05) is 12.1 Å². The SMILES string of the molecule is CSc1ccc(-c2oc3ccc(F)cc3c(=O)c2Br)cc1. The first kappa shape index (κ1) is 14.4. The zero-order chi connectivity index (χ0) is 15.0. The summed E-state index contributed by atoms with van der Waals surface area (Å²) in [5.74, 6) is -0.00876. The molecule has 0 fully saturated rings. The Morgan fingerprint density at radius 2 is 1.86 bits per heavy atom. The zero-order valence-corrected chi connectivity index (χ0v) is 13.4. The minimum atomic E-state index is -0.459. The van der Waals surface area contributed by atoms with Crippen molar-refractivity contribution in [2.45, 2.75) is 4.90 Å². The lowest BCUT2D eigenvalue weighted by Crippen LogP contribution is -2.04. The highest BCUT2D eigenvalue weighted by atomic mass is 79.9. The summed E-state index contributed by atoms with van der Waals surface area (Å²) < 4.78 is 19.3. The molecule has 21 heavy (non-hydrogen) atoms. The first-order valence-electron chi connectivity index (χ1n) is 6.16. The number of benzene rings is 2. The van der Waals surface area contributed by atoms with Crippen molar-refractivity contribution < 1.29 is 8.81 Å². The van der Waals surface area contributed by atoms with Gasteiger partial charge in [-0.15, -0.1) is 11.8 Å². The molecular formula is C16H10BrFO2S. The lowest BCUT2D eigenvalue weighted by atomic mass is 10.1. The fraction of sp³-hybridized carbons (Fsp3) is 0.0625. The molecule has 1 heterocycles. The predicted octanol–water partition coefficient (Wildman–Crippen LogP) is 5.08. The van der Waals surface area contributed by atoms with Crippen LogP contribution in [0.25, 0.3) is 22.3 Å². The van der Waals surface area contributed by atoms with Crippen LogP contribution in [0, 0.1) is 5.82 Å². The Hall–Kier alpha value is -1.59. The number of fused-ring (bicyclic) bond motifs is 1. The van der Waals surface area contributed by atoms with Gasteiger partial charge in [0, 0.05) is 10.5 Å². The second kappa shape index (κ2) is 5.66. The van der Waals surface area contributed by atoms with Crippen molar-refractivity contribution in [3.8, 4) is 11.3 Å². The van der Waals surface area contributed by atoms with Crippen LogP contribution in [0.1, 0.15) is 0 Å². The maximum absolute atomic E-state index is 13.3. The van der Waals surface area contributed by atoms with Crippen molar-refractivity contribution in [1.82, 2.24) is 0 Å². The van der Waals surface area contributed by atoms with E-state index < -0.39 is 5.82 Å². The quantitative estimate of drug-likeness (QED) is 0.593. The molecule has 0 aliphatic rings. The molecule has 0 aliphatic heterocycles. The Labute approximate surface area is 133 Å². The molecule has 0 atom stereocenters. The van der Waals surface area contributed by atoms with Crippen molar-refractivity contribution in [2.75, 3.05) is 6.26 Å². The molecule has 0 aliphatic carbocycles. The fourth-order valence-corrected chi connectivity index (χ4v) is 3.00. The van der Waals surface area contributed by atoms with Gasteiger partial charge in [0.1, 0.15) is 15.9 Å². The van der Waals surface area contributed by atoms with E-state index in [1.54, 1.807) is 11.8 Å². The summed E-state index contributed by atoms with van der Waals surface area (Å²) in [6.45, 7) is 0. The van der Waals surface area contributed by atoms with Crippen molar-refractivity contribution in [2.24, 2.45) is 0 Å². The Morgan fingerprint density at radius 1 is 1.14 bits per heavy atom. The van der Waals surface area contributed by atoms with Gasteiger partial charge in [0.05, 0.1) is 5.39 Å². The lowest BCUT2D eigenvalue weighted by Gasteiger charge is -2.06. The summed E-state index contributed by atoms with van der Waals surface area (Å²) in [5, 5.41) is 0.228. The molecule has 2 nitrogen and oxygen atoms in total. The normalized spacial score (nSPS) is 11.0. The third-order valence-corrected chi connectivity index (χ3v) is 4.61. The number of rotatable bonds is 2. The number of halogens is 2. The van der Waals surface area contributed by atoms with Gasteiger partial charge in [-0.3, -0.25) is 4.79 Å². The van der Waals surface area contributed by atoms with Gasteiger partial charge >= 0.3 is 0 Å². The van der Waals surface area contributed by atoms with E-state index in [0.717, 1.165) is 10.5 Å². The molecule has 5 heteroatoms. The summed E-state index contributed by atoms with van der Waals surface area (Å²) in [7, 11) is 0. The summed E-state index contributed by atoms with van der Waals surface area (Å²) in [6, 6.07) is 11.6. The van der Waals surface area contributed by atoms with Crippen molar-refractivity contribution in [3.05, 3.63) is 63.0 Å². The average molecular weight is 365 g/mol. The van der Waals surface area contributed by atoms with Gasteiger partial charge in [-0.05, 0) is 52.5 Å². The van der Waals surface area contributed by atoms with E-state index in [1.165, 1.54) is 18.2 Å². The standard InChI is InChI=1S/C16H10BrFO2S/c1-21-11-5-2-9(3-6-11)16-14(17)15(19)12-8-10(18)4-7-13(12)20-16/h2-8H,1H3. The molecule has 0 saturated heterocycles. The van der Waals surface area contributed by atoms with Gasteiger partial charge in [0.25, 0.3) is 0 Å². The highest BCUT2D eigenvalue weighted by Gasteiger charge is 2.14. The third-order valence-electron chi connectivity index (χ3n) is 3.15. The number of thioether (sulfide) groups is 1. The molecule has 2 aromatic carbocycles. The summed E-state index contributed by atoms with van der Waals surface area (Å²) in [4.78, 5) is 13.4. The zero-order valence-electron chi connectivity index (χ0n) is 11.0. The minimum Gasteiger partial charge on any atom is -0.455 e. The molecule has 0 bridgehead atoms. The summed E-state index contributed by atoms with van der Waals surface area (Å²) in [5.41, 5.74) is 0.885. The molecule has 1 aromatic heterocycles. The maximum atomic E-state index is 13.3. The highest BCUT2D eigenvalue weighted by molar-refractivity contribution is 9.10. The van der Waals surface area contributed by atoms with Gasteiger partial charge in [-0.2, -0.15) is 0 Å². The maximum Gasteiger partial charge on any atom is 0.207 e. The fourth-order valence-electron chi connectivity index (χ4n) is 2.07. The minimum absolute atomic E-state index is 0.228. The van der Waals surface area contributed by atoms with E-state index in [4.69, 9.17) is 4.42 Å². The first-order valence-corrected chi connectivity index (χ1v) is 8.18. The monoisotopic (exact) mass is 364 g/mol. The second-order valence-corrected chi connectivity index (χ2v) is 6.12. The van der Waals surface area contributed by atoms with Crippen LogP contribution in [0.4, 0.5) is 4.39 Å². The Balaban J connectivity index is 2.25. The van der Waals surface area contributed by atoms with E-state index >= 15 is 0 Å². The van der Waals surface area contributed by atoms with Crippen molar-refractivity contribution in [1.29, 1.82) is 0 Å². The van der Waals surface area contributed by atoms with Crippen LogP contribution in [-0.4, -0.2) is 6.26 Å². The third kappa shape index (κ3) is 2.63. The summed E-state index contributed by atoms with van der Waals surface area (Å²) in [6.07, 6.45) is 2.00. The Bertz CT molecular complexity index is 872. The predicted molar refractivity (Wildman–Crippen MR) is 87.4 cm³/mol. The van der Waals surface area contributed by atoms with Gasteiger partial charge in [0.2, 0.25) is 5.43 Å². The summed E-state index contributed by atoms with van der Waals surface area (Å²) >= 11 is 4.90. The molecule has 3 rings (SSSR count). The molecular weight excluding hydrogens is 355 g/mol. The van der Waals surface area contributed by atoms with Crippen molar-refractivity contribution in [3.63, 3.8) is 0 Å². The van der Waals surface area contributed by atoms with Crippen LogP contribution in [-0.2, 0) is 0 Å². The molecule has 106 valence electrons. The number of hydrogen-bond acceptors (Lipinski definition) is 3. The van der Waals surface area contributed by atoms with E-state index in [1.807, 2.05) is 30.5 Å². The van der Waals surface area contributed by atoms with Crippen LogP contribution in [0.5, 0.6) is 0 Å². The second-order valence-electron chi connectivity index (χ2n) is 4.44. The lowest BCUT2D eigenvalue weighted by molar-refractivity contribution is 0.606. The van der Waals surface area contributed by atoms with E-state index in [-0.39, 0.29) is 10.8 Å². The number of hydrogen-bond donors (Lipinski definition) is 0. The van der Waals surface area contributed by atoms with Crippen LogP contribution >= 0.6 is 27.7 Å². The smallest absolute Gasteiger partial charge is 0.207 e. The first-order chi connectivity index (χ1) is 10.1. The molecule has 0 saturated carbocycles. The molecule has 3 aromatic rings. The van der Waals surface area contributed by atoms with Gasteiger partial charge < -0.3 is 4.42 Å². The van der Waals surface area contributed by atoms with E-state index in [2.05, 4.69) is 15.9 Å². The molecule has 0 amide bonds. The van der Waals surface area contributed by atoms with E-state index in [9.17, 15) is 9.18 Å².